The first-order valence-electron chi connectivity index (χ1n) is 5.45. The van der Waals surface area contributed by atoms with Crippen LogP contribution in [0.3, 0.4) is 0 Å². The zero-order valence-electron chi connectivity index (χ0n) is 9.31. The van der Waals surface area contributed by atoms with Crippen LogP contribution in [0.1, 0.15) is 12.0 Å². The summed E-state index contributed by atoms with van der Waals surface area (Å²) in [5.74, 6) is -0.133. The summed E-state index contributed by atoms with van der Waals surface area (Å²) in [5, 5.41) is 10.2. The molecule has 2 heterocycles. The number of carbonyl (C=O) groups is 1. The van der Waals surface area contributed by atoms with Gasteiger partial charge in [0.05, 0.1) is 18.4 Å². The molecule has 2 aliphatic rings. The standard InChI is InChI=1S/C12H12ClNO3/c1-14-10-3-2-7(13)4-9(10)12(11(14)16)5-8(15)6-17-12/h2-4,8,15H,5-6H2,1H3/t8-,12+/m0/s1. The van der Waals surface area contributed by atoms with Crippen molar-refractivity contribution in [3.63, 3.8) is 0 Å². The Labute approximate surface area is 104 Å². The van der Waals surface area contributed by atoms with Crippen LogP contribution in [0.25, 0.3) is 0 Å². The SMILES string of the molecule is CN1C(=O)[C@@]2(C[C@H](O)CO2)c2cc(Cl)ccc21. The number of benzene rings is 1. The third-order valence-corrected chi connectivity index (χ3v) is 3.69. The van der Waals surface area contributed by atoms with Crippen LogP contribution in [0.4, 0.5) is 5.69 Å². The molecule has 0 saturated carbocycles. The number of carbonyl (C=O) groups excluding carboxylic acids is 1. The molecule has 2 aliphatic heterocycles. The van der Waals surface area contributed by atoms with Crippen LogP contribution in [0.5, 0.6) is 0 Å². The van der Waals surface area contributed by atoms with Gasteiger partial charge in [0, 0.05) is 24.1 Å². The molecule has 0 bridgehead atoms. The van der Waals surface area contributed by atoms with Gasteiger partial charge < -0.3 is 14.7 Å². The molecule has 1 spiro atoms. The number of amides is 1. The fraction of sp³-hybridized carbons (Fsp3) is 0.417. The fourth-order valence-corrected chi connectivity index (χ4v) is 2.82. The number of ether oxygens (including phenoxy) is 1. The average molecular weight is 254 g/mol. The smallest absolute Gasteiger partial charge is 0.263 e. The largest absolute Gasteiger partial charge is 0.391 e. The lowest BCUT2D eigenvalue weighted by molar-refractivity contribution is -0.137. The van der Waals surface area contributed by atoms with Crippen molar-refractivity contribution in [3.8, 4) is 0 Å². The zero-order chi connectivity index (χ0) is 12.2. The highest BCUT2D eigenvalue weighted by Gasteiger charge is 2.55. The highest BCUT2D eigenvalue weighted by atomic mass is 35.5. The van der Waals surface area contributed by atoms with Crippen molar-refractivity contribution in [1.29, 1.82) is 0 Å². The first-order chi connectivity index (χ1) is 8.04. The minimum absolute atomic E-state index is 0.133. The van der Waals surface area contributed by atoms with Crippen LogP contribution in [-0.4, -0.2) is 30.8 Å². The van der Waals surface area contributed by atoms with Crippen molar-refractivity contribution in [2.75, 3.05) is 18.6 Å². The first-order valence-corrected chi connectivity index (χ1v) is 5.82. The molecule has 3 rings (SSSR count). The van der Waals surface area contributed by atoms with Crippen LogP contribution in [-0.2, 0) is 15.1 Å². The molecule has 1 aromatic carbocycles. The molecule has 0 unspecified atom stereocenters. The van der Waals surface area contributed by atoms with Gasteiger partial charge in [-0.2, -0.15) is 0 Å². The van der Waals surface area contributed by atoms with Crippen LogP contribution < -0.4 is 4.90 Å². The summed E-state index contributed by atoms with van der Waals surface area (Å²) in [7, 11) is 1.71. The molecule has 17 heavy (non-hydrogen) atoms. The molecule has 0 aromatic heterocycles. The third-order valence-electron chi connectivity index (χ3n) is 3.45. The average Bonchev–Trinajstić information content (AvgIpc) is 2.77. The minimum Gasteiger partial charge on any atom is -0.391 e. The van der Waals surface area contributed by atoms with Gasteiger partial charge in [-0.25, -0.2) is 0 Å². The Balaban J connectivity index is 2.19. The summed E-state index contributed by atoms with van der Waals surface area (Å²) in [6.45, 7) is 0.186. The van der Waals surface area contributed by atoms with Crippen LogP contribution in [0.2, 0.25) is 5.02 Å². The van der Waals surface area contributed by atoms with Crippen molar-refractivity contribution < 1.29 is 14.6 Å². The van der Waals surface area contributed by atoms with Gasteiger partial charge in [0.2, 0.25) is 0 Å². The molecule has 1 fully saturated rings. The van der Waals surface area contributed by atoms with Crippen molar-refractivity contribution in [3.05, 3.63) is 28.8 Å². The second-order valence-electron chi connectivity index (χ2n) is 4.52. The number of aliphatic hydroxyl groups excluding tert-OH is 1. The predicted molar refractivity (Wildman–Crippen MR) is 63.1 cm³/mol. The number of nitrogens with zero attached hydrogens (tertiary/aromatic N) is 1. The Hall–Kier alpha value is -1.10. The maximum Gasteiger partial charge on any atom is 0.263 e. The lowest BCUT2D eigenvalue weighted by atomic mass is 9.91. The van der Waals surface area contributed by atoms with Gasteiger partial charge in [-0.1, -0.05) is 11.6 Å². The van der Waals surface area contributed by atoms with Gasteiger partial charge in [0.25, 0.3) is 5.91 Å². The maximum atomic E-state index is 12.3. The van der Waals surface area contributed by atoms with Crippen molar-refractivity contribution in [1.82, 2.24) is 0 Å². The predicted octanol–water partition coefficient (Wildman–Crippen LogP) is 1.29. The summed E-state index contributed by atoms with van der Waals surface area (Å²) < 4.78 is 5.58. The fourth-order valence-electron chi connectivity index (χ4n) is 2.64. The van der Waals surface area contributed by atoms with Crippen molar-refractivity contribution in [2.45, 2.75) is 18.1 Å². The highest BCUT2D eigenvalue weighted by Crippen LogP contribution is 2.48. The number of halogens is 1. The summed E-state index contributed by atoms with van der Waals surface area (Å²) in [6.07, 6.45) is -0.305. The number of anilines is 1. The van der Waals surface area contributed by atoms with E-state index in [2.05, 4.69) is 0 Å². The number of aliphatic hydroxyl groups is 1. The van der Waals surface area contributed by atoms with Crippen molar-refractivity contribution in [2.24, 2.45) is 0 Å². The third kappa shape index (κ3) is 1.35. The molecule has 90 valence electrons. The van der Waals surface area contributed by atoms with E-state index in [0.717, 1.165) is 11.3 Å². The molecule has 0 aliphatic carbocycles. The lowest BCUT2D eigenvalue weighted by Gasteiger charge is -2.21. The number of rotatable bonds is 0. The summed E-state index contributed by atoms with van der Waals surface area (Å²) in [4.78, 5) is 13.8. The topological polar surface area (TPSA) is 49.8 Å². The Morgan fingerprint density at radius 3 is 3.00 bits per heavy atom. The second kappa shape index (κ2) is 3.45. The molecule has 1 N–H and O–H groups in total. The highest BCUT2D eigenvalue weighted by molar-refractivity contribution is 6.31. The second-order valence-corrected chi connectivity index (χ2v) is 4.96. The molecule has 1 amide bonds. The first kappa shape index (κ1) is 11.0. The Morgan fingerprint density at radius 1 is 1.59 bits per heavy atom. The molecule has 1 saturated heterocycles. The van der Waals surface area contributed by atoms with Gasteiger partial charge in [0.15, 0.2) is 5.60 Å². The van der Waals surface area contributed by atoms with Gasteiger partial charge >= 0.3 is 0 Å². The Bertz CT molecular complexity index is 505. The number of fused-ring (bicyclic) bond motifs is 2. The van der Waals surface area contributed by atoms with Crippen molar-refractivity contribution >= 4 is 23.2 Å². The quantitative estimate of drug-likeness (QED) is 0.758. The van der Waals surface area contributed by atoms with Crippen LogP contribution in [0.15, 0.2) is 18.2 Å². The monoisotopic (exact) mass is 253 g/mol. The zero-order valence-corrected chi connectivity index (χ0v) is 10.1. The van der Waals surface area contributed by atoms with E-state index in [9.17, 15) is 9.90 Å². The van der Waals surface area contributed by atoms with Crippen LogP contribution >= 0.6 is 11.6 Å². The van der Waals surface area contributed by atoms with Gasteiger partial charge in [-0.05, 0) is 18.2 Å². The Morgan fingerprint density at radius 2 is 2.35 bits per heavy atom. The normalized spacial score (nSPS) is 31.4. The molecule has 5 heteroatoms. The van der Waals surface area contributed by atoms with Gasteiger partial charge in [-0.15, -0.1) is 0 Å². The van der Waals surface area contributed by atoms with E-state index < -0.39 is 11.7 Å². The van der Waals surface area contributed by atoms with Crippen LogP contribution in [0, 0.1) is 0 Å². The summed E-state index contributed by atoms with van der Waals surface area (Å²) in [6, 6.07) is 5.29. The summed E-state index contributed by atoms with van der Waals surface area (Å²) in [5.41, 5.74) is 0.525. The lowest BCUT2D eigenvalue weighted by Crippen LogP contribution is -2.38. The molecular weight excluding hydrogens is 242 g/mol. The molecule has 1 aromatic rings. The van der Waals surface area contributed by atoms with E-state index in [4.69, 9.17) is 16.3 Å². The molecule has 0 radical (unpaired) electrons. The molecular formula is C12H12ClNO3. The number of hydrogen-bond donors (Lipinski definition) is 1. The van der Waals surface area contributed by atoms with E-state index in [1.54, 1.807) is 30.1 Å². The van der Waals surface area contributed by atoms with Gasteiger partial charge in [0.1, 0.15) is 0 Å². The van der Waals surface area contributed by atoms with E-state index in [1.807, 2.05) is 0 Å². The van der Waals surface area contributed by atoms with E-state index in [1.165, 1.54) is 0 Å². The van der Waals surface area contributed by atoms with E-state index in [-0.39, 0.29) is 12.5 Å². The Kier molecular flexibility index (Phi) is 2.23. The molecule has 4 nitrogen and oxygen atoms in total. The number of likely N-dealkylation sites (N-methyl/N-ethyl adjacent to an activating group) is 1. The maximum absolute atomic E-state index is 12.3. The summed E-state index contributed by atoms with van der Waals surface area (Å²) >= 11 is 5.97. The molecule has 2 atom stereocenters. The van der Waals surface area contributed by atoms with E-state index in [0.29, 0.717) is 11.4 Å². The van der Waals surface area contributed by atoms with Gasteiger partial charge in [-0.3, -0.25) is 4.79 Å². The minimum atomic E-state index is -1.03. The number of hydrogen-bond acceptors (Lipinski definition) is 3. The van der Waals surface area contributed by atoms with E-state index >= 15 is 0 Å².